The average molecular weight is 227 g/mol. The lowest BCUT2D eigenvalue weighted by molar-refractivity contribution is 0.415. The molecule has 1 aromatic carbocycles. The van der Waals surface area contributed by atoms with E-state index >= 15 is 0 Å². The first-order chi connectivity index (χ1) is 8.19. The zero-order valence-corrected chi connectivity index (χ0v) is 10.0. The van der Waals surface area contributed by atoms with Gasteiger partial charge < -0.3 is 10.1 Å². The molecule has 0 atom stereocenters. The summed E-state index contributed by atoms with van der Waals surface area (Å²) in [5.74, 6) is 1.38. The standard InChI is InChI=1S/C13H13N3O/c1-8-4-11(17-3)6-9-5-10(7-14)13(15-2)16-12(8)9/h4-6H,1-3H3,(H,15,16). The first-order valence-corrected chi connectivity index (χ1v) is 5.27. The van der Waals surface area contributed by atoms with E-state index in [-0.39, 0.29) is 0 Å². The summed E-state index contributed by atoms with van der Waals surface area (Å²) in [7, 11) is 3.38. The van der Waals surface area contributed by atoms with E-state index in [4.69, 9.17) is 10.00 Å². The van der Waals surface area contributed by atoms with Crippen LogP contribution in [0.5, 0.6) is 5.75 Å². The fourth-order valence-electron chi connectivity index (χ4n) is 1.82. The van der Waals surface area contributed by atoms with Gasteiger partial charge in [0.2, 0.25) is 0 Å². The number of nitrogens with one attached hydrogen (secondary N) is 1. The van der Waals surface area contributed by atoms with E-state index in [2.05, 4.69) is 16.4 Å². The van der Waals surface area contributed by atoms with Crippen molar-refractivity contribution in [1.29, 1.82) is 5.26 Å². The van der Waals surface area contributed by atoms with E-state index in [9.17, 15) is 0 Å². The second-order valence-electron chi connectivity index (χ2n) is 3.76. The van der Waals surface area contributed by atoms with Gasteiger partial charge >= 0.3 is 0 Å². The van der Waals surface area contributed by atoms with Crippen LogP contribution >= 0.6 is 0 Å². The van der Waals surface area contributed by atoms with Gasteiger partial charge in [-0.3, -0.25) is 0 Å². The molecule has 0 saturated heterocycles. The predicted molar refractivity (Wildman–Crippen MR) is 67.3 cm³/mol. The van der Waals surface area contributed by atoms with Gasteiger partial charge in [0.15, 0.2) is 0 Å². The Morgan fingerprint density at radius 1 is 1.35 bits per heavy atom. The van der Waals surface area contributed by atoms with E-state index in [1.807, 2.05) is 25.1 Å². The molecule has 0 bridgehead atoms. The molecular weight excluding hydrogens is 214 g/mol. The third kappa shape index (κ3) is 1.87. The minimum absolute atomic E-state index is 0.535. The molecule has 0 aliphatic carbocycles. The van der Waals surface area contributed by atoms with E-state index < -0.39 is 0 Å². The zero-order chi connectivity index (χ0) is 12.4. The summed E-state index contributed by atoms with van der Waals surface area (Å²) >= 11 is 0. The Morgan fingerprint density at radius 3 is 2.71 bits per heavy atom. The first kappa shape index (κ1) is 11.2. The lowest BCUT2D eigenvalue weighted by Gasteiger charge is -2.09. The van der Waals surface area contributed by atoms with Gasteiger partial charge in [0, 0.05) is 12.4 Å². The molecule has 17 heavy (non-hydrogen) atoms. The molecule has 1 aromatic heterocycles. The van der Waals surface area contributed by atoms with Gasteiger partial charge in [-0.25, -0.2) is 4.98 Å². The number of fused-ring (bicyclic) bond motifs is 1. The number of ether oxygens (including phenoxy) is 1. The highest BCUT2D eigenvalue weighted by atomic mass is 16.5. The smallest absolute Gasteiger partial charge is 0.144 e. The fraction of sp³-hybridized carbons (Fsp3) is 0.231. The highest BCUT2D eigenvalue weighted by molar-refractivity contribution is 5.86. The van der Waals surface area contributed by atoms with Crippen LogP contribution < -0.4 is 10.1 Å². The van der Waals surface area contributed by atoms with Crippen LogP contribution in [0.1, 0.15) is 11.1 Å². The van der Waals surface area contributed by atoms with E-state index in [0.29, 0.717) is 11.4 Å². The molecule has 86 valence electrons. The topological polar surface area (TPSA) is 57.9 Å². The molecule has 2 rings (SSSR count). The van der Waals surface area contributed by atoms with Crippen molar-refractivity contribution in [3.63, 3.8) is 0 Å². The van der Waals surface area contributed by atoms with Gasteiger partial charge in [0.25, 0.3) is 0 Å². The molecule has 0 saturated carbocycles. The third-order valence-electron chi connectivity index (χ3n) is 2.68. The molecule has 4 heteroatoms. The molecule has 4 nitrogen and oxygen atoms in total. The van der Waals surface area contributed by atoms with Crippen LogP contribution in [0.4, 0.5) is 5.82 Å². The SMILES string of the molecule is CNc1nc2c(C)cc(OC)cc2cc1C#N. The molecule has 0 amide bonds. The molecular formula is C13H13N3O. The Balaban J connectivity index is 2.79. The van der Waals surface area contributed by atoms with Crippen molar-refractivity contribution in [2.45, 2.75) is 6.92 Å². The number of pyridine rings is 1. The van der Waals surface area contributed by atoms with Crippen LogP contribution in [0.15, 0.2) is 18.2 Å². The average Bonchev–Trinajstić information content (AvgIpc) is 2.36. The number of hydrogen-bond acceptors (Lipinski definition) is 4. The number of anilines is 1. The third-order valence-corrected chi connectivity index (χ3v) is 2.68. The van der Waals surface area contributed by atoms with Gasteiger partial charge in [-0.1, -0.05) is 0 Å². The maximum atomic E-state index is 9.04. The Bertz CT molecular complexity index is 614. The summed E-state index contributed by atoms with van der Waals surface area (Å²) in [5.41, 5.74) is 2.45. The van der Waals surface area contributed by atoms with Gasteiger partial charge in [-0.05, 0) is 30.7 Å². The highest BCUT2D eigenvalue weighted by Gasteiger charge is 2.08. The van der Waals surface area contributed by atoms with Crippen LogP contribution in [0.2, 0.25) is 0 Å². The zero-order valence-electron chi connectivity index (χ0n) is 10.0. The quantitative estimate of drug-likeness (QED) is 0.856. The number of methoxy groups -OCH3 is 1. The molecule has 2 aromatic rings. The van der Waals surface area contributed by atoms with Crippen molar-refractivity contribution >= 4 is 16.7 Å². The number of hydrogen-bond donors (Lipinski definition) is 1. The Morgan fingerprint density at radius 2 is 2.12 bits per heavy atom. The van der Waals surface area contributed by atoms with Gasteiger partial charge in [0.1, 0.15) is 17.6 Å². The summed E-state index contributed by atoms with van der Waals surface area (Å²) in [6.07, 6.45) is 0. The summed E-state index contributed by atoms with van der Waals surface area (Å²) in [6.45, 7) is 1.98. The Labute approximate surface area is 99.8 Å². The molecule has 0 radical (unpaired) electrons. The van der Waals surface area contributed by atoms with Crippen LogP contribution in [0.3, 0.4) is 0 Å². The lowest BCUT2D eigenvalue weighted by atomic mass is 10.1. The number of aromatic nitrogens is 1. The summed E-state index contributed by atoms with van der Waals surface area (Å²) in [6, 6.07) is 7.77. The van der Waals surface area contributed by atoms with E-state index in [1.54, 1.807) is 14.2 Å². The lowest BCUT2D eigenvalue weighted by Crippen LogP contribution is -1.98. The van der Waals surface area contributed by atoms with Crippen molar-refractivity contribution < 1.29 is 4.74 Å². The van der Waals surface area contributed by atoms with Crippen LogP contribution in [0, 0.1) is 18.3 Å². The van der Waals surface area contributed by atoms with Crippen LogP contribution in [-0.2, 0) is 0 Å². The first-order valence-electron chi connectivity index (χ1n) is 5.27. The Kier molecular flexibility index (Phi) is 2.84. The molecule has 0 unspecified atom stereocenters. The number of benzene rings is 1. The maximum absolute atomic E-state index is 9.04. The number of aryl methyl sites for hydroxylation is 1. The minimum Gasteiger partial charge on any atom is -0.497 e. The van der Waals surface area contributed by atoms with Gasteiger partial charge in [-0.2, -0.15) is 5.26 Å². The van der Waals surface area contributed by atoms with Gasteiger partial charge in [-0.15, -0.1) is 0 Å². The molecule has 1 N–H and O–H groups in total. The van der Waals surface area contributed by atoms with Crippen LogP contribution in [-0.4, -0.2) is 19.1 Å². The van der Waals surface area contributed by atoms with Crippen molar-refractivity contribution in [3.05, 3.63) is 29.3 Å². The van der Waals surface area contributed by atoms with Crippen molar-refractivity contribution in [3.8, 4) is 11.8 Å². The fourth-order valence-corrected chi connectivity index (χ4v) is 1.82. The molecule has 0 aliphatic heterocycles. The van der Waals surface area contributed by atoms with Crippen molar-refractivity contribution in [2.24, 2.45) is 0 Å². The van der Waals surface area contributed by atoms with Crippen molar-refractivity contribution in [2.75, 3.05) is 19.5 Å². The number of nitriles is 1. The molecule has 0 spiro atoms. The van der Waals surface area contributed by atoms with E-state index in [1.165, 1.54) is 0 Å². The van der Waals surface area contributed by atoms with Crippen molar-refractivity contribution in [1.82, 2.24) is 4.98 Å². The molecule has 1 heterocycles. The summed E-state index contributed by atoms with van der Waals surface area (Å²) < 4.78 is 5.21. The maximum Gasteiger partial charge on any atom is 0.144 e. The molecule has 0 fully saturated rings. The van der Waals surface area contributed by atoms with Crippen LogP contribution in [0.25, 0.3) is 10.9 Å². The van der Waals surface area contributed by atoms with E-state index in [0.717, 1.165) is 22.2 Å². The monoisotopic (exact) mass is 227 g/mol. The second kappa shape index (κ2) is 4.30. The Hall–Kier alpha value is -2.28. The summed E-state index contributed by atoms with van der Waals surface area (Å²) in [5, 5.41) is 12.9. The highest BCUT2D eigenvalue weighted by Crippen LogP contribution is 2.26. The normalized spacial score (nSPS) is 10.0. The number of rotatable bonds is 2. The van der Waals surface area contributed by atoms with Gasteiger partial charge in [0.05, 0.1) is 18.2 Å². The largest absolute Gasteiger partial charge is 0.497 e. The summed E-state index contributed by atoms with van der Waals surface area (Å²) in [4.78, 5) is 4.45. The minimum atomic E-state index is 0.535. The number of nitrogens with zero attached hydrogens (tertiary/aromatic N) is 2. The predicted octanol–water partition coefficient (Wildman–Crippen LogP) is 2.47. The second-order valence-corrected chi connectivity index (χ2v) is 3.76. The molecule has 0 aliphatic rings.